The number of likely N-dealkylation sites (N-methyl/N-ethyl adjacent to an activating group) is 1. The van der Waals surface area contributed by atoms with E-state index in [2.05, 4.69) is 87.9 Å². The van der Waals surface area contributed by atoms with Gasteiger partial charge in [-0.3, -0.25) is 4.68 Å². The number of nitrogens with one attached hydrogen (secondary N) is 1. The Kier molecular flexibility index (Phi) is 6.46. The van der Waals surface area contributed by atoms with Crippen molar-refractivity contribution in [2.45, 2.75) is 12.6 Å². The summed E-state index contributed by atoms with van der Waals surface area (Å²) in [5.41, 5.74) is 2.35. The van der Waals surface area contributed by atoms with Gasteiger partial charge in [0.05, 0.1) is 36.5 Å². The van der Waals surface area contributed by atoms with Gasteiger partial charge in [0.1, 0.15) is 0 Å². The minimum absolute atomic E-state index is 0.0842. The highest BCUT2D eigenvalue weighted by atomic mass is 79.9. The third kappa shape index (κ3) is 4.17. The summed E-state index contributed by atoms with van der Waals surface area (Å²) in [4.78, 5) is 2.16. The molecule has 0 saturated heterocycles. The zero-order valence-electron chi connectivity index (χ0n) is 12.0. The lowest BCUT2D eigenvalue weighted by Gasteiger charge is -2.19. The fraction of sp³-hybridized carbons (Fsp3) is 0.462. The number of aromatic nitrogens is 2. The Labute approximate surface area is 154 Å². The van der Waals surface area contributed by atoms with E-state index in [0.717, 1.165) is 30.8 Å². The molecule has 0 aliphatic rings. The van der Waals surface area contributed by atoms with Crippen molar-refractivity contribution >= 4 is 59.1 Å². The number of nitrogens with zero attached hydrogens (tertiary/aromatic N) is 3. The van der Waals surface area contributed by atoms with Crippen molar-refractivity contribution in [3.63, 3.8) is 0 Å². The van der Waals surface area contributed by atoms with Crippen LogP contribution in [0.25, 0.3) is 0 Å². The van der Waals surface area contributed by atoms with Crippen molar-refractivity contribution in [3.8, 4) is 0 Å². The molecule has 4 nitrogen and oxygen atoms in total. The van der Waals surface area contributed by atoms with Crippen LogP contribution in [0.15, 0.2) is 24.3 Å². The van der Waals surface area contributed by atoms with Gasteiger partial charge >= 0.3 is 0 Å². The molecule has 2 heterocycles. The van der Waals surface area contributed by atoms with E-state index >= 15 is 0 Å². The van der Waals surface area contributed by atoms with Crippen LogP contribution in [-0.2, 0) is 6.54 Å². The van der Waals surface area contributed by atoms with Crippen LogP contribution in [0.4, 0.5) is 0 Å². The molecule has 8 heteroatoms. The molecule has 0 radical (unpaired) electrons. The van der Waals surface area contributed by atoms with Crippen molar-refractivity contribution in [1.82, 2.24) is 20.0 Å². The molecule has 1 N–H and O–H groups in total. The summed E-state index contributed by atoms with van der Waals surface area (Å²) in [7, 11) is 6.11. The third-order valence-electron chi connectivity index (χ3n) is 3.15. The second-order valence-electron chi connectivity index (χ2n) is 4.91. The Morgan fingerprint density at radius 1 is 1.38 bits per heavy atom. The Morgan fingerprint density at radius 2 is 2.10 bits per heavy atom. The summed E-state index contributed by atoms with van der Waals surface area (Å²) in [5, 5.41) is 7.89. The van der Waals surface area contributed by atoms with E-state index in [-0.39, 0.29) is 6.04 Å². The van der Waals surface area contributed by atoms with E-state index in [1.807, 2.05) is 13.2 Å². The largest absolute Gasteiger partial charge is 0.308 e. The van der Waals surface area contributed by atoms with Crippen LogP contribution >= 0.6 is 59.1 Å². The second-order valence-corrected chi connectivity index (χ2v) is 9.51. The molecule has 0 aliphatic carbocycles. The quantitative estimate of drug-likeness (QED) is 0.648. The fourth-order valence-electron chi connectivity index (χ4n) is 2.12. The van der Waals surface area contributed by atoms with Gasteiger partial charge in [-0.2, -0.15) is 5.10 Å². The maximum Gasteiger partial charge on any atom is 0.0777 e. The summed E-state index contributed by atoms with van der Waals surface area (Å²) in [5.74, 6) is 0. The zero-order chi connectivity index (χ0) is 15.6. The summed E-state index contributed by atoms with van der Waals surface area (Å²) in [6.07, 6.45) is 1.87. The van der Waals surface area contributed by atoms with Gasteiger partial charge < -0.3 is 10.2 Å². The minimum Gasteiger partial charge on any atom is -0.308 e. The summed E-state index contributed by atoms with van der Waals surface area (Å²) in [6, 6.07) is 2.23. The molecular formula is C13H17Br3N4S. The number of rotatable bonds is 6. The first kappa shape index (κ1) is 17.6. The molecule has 0 aliphatic heterocycles. The molecule has 2 rings (SSSR count). The first-order valence-electron chi connectivity index (χ1n) is 6.42. The molecule has 0 spiro atoms. The van der Waals surface area contributed by atoms with Crippen molar-refractivity contribution in [2.24, 2.45) is 0 Å². The first-order valence-corrected chi connectivity index (χ1v) is 9.61. The highest BCUT2D eigenvalue weighted by Gasteiger charge is 2.24. The summed E-state index contributed by atoms with van der Waals surface area (Å²) in [6.45, 7) is 1.81. The van der Waals surface area contributed by atoms with Gasteiger partial charge in [0.15, 0.2) is 0 Å². The number of thiophene rings is 1. The molecule has 0 amide bonds. The zero-order valence-corrected chi connectivity index (χ0v) is 17.6. The lowest BCUT2D eigenvalue weighted by Crippen LogP contribution is -2.25. The number of hydrogen-bond donors (Lipinski definition) is 1. The fourth-order valence-corrected chi connectivity index (χ4v) is 5.55. The standard InChI is InChI=1S/C13H17Br3N4S/c1-17-11(8-6-10(15)21-13(8)16)12-9(14)7-18-20(12)5-4-19(2)3/h6-7,11,17H,4-5H2,1-3H3. The van der Waals surface area contributed by atoms with Crippen LogP contribution in [0.5, 0.6) is 0 Å². The monoisotopic (exact) mass is 498 g/mol. The van der Waals surface area contributed by atoms with Crippen LogP contribution in [0.1, 0.15) is 17.3 Å². The maximum absolute atomic E-state index is 4.50. The number of halogens is 3. The van der Waals surface area contributed by atoms with Crippen LogP contribution in [-0.4, -0.2) is 42.4 Å². The van der Waals surface area contributed by atoms with Gasteiger partial charge in [-0.15, -0.1) is 11.3 Å². The van der Waals surface area contributed by atoms with Crippen molar-refractivity contribution < 1.29 is 0 Å². The second kappa shape index (κ2) is 7.70. The van der Waals surface area contributed by atoms with Crippen LogP contribution in [0, 0.1) is 0 Å². The van der Waals surface area contributed by atoms with Crippen molar-refractivity contribution in [2.75, 3.05) is 27.7 Å². The molecule has 2 aromatic heterocycles. The molecule has 0 bridgehead atoms. The van der Waals surface area contributed by atoms with Gasteiger partial charge in [-0.1, -0.05) is 0 Å². The molecule has 21 heavy (non-hydrogen) atoms. The van der Waals surface area contributed by atoms with Gasteiger partial charge in [-0.05, 0) is 75.0 Å². The highest BCUT2D eigenvalue weighted by molar-refractivity contribution is 9.12. The molecule has 0 saturated carbocycles. The Balaban J connectivity index is 2.38. The van der Waals surface area contributed by atoms with E-state index in [0.29, 0.717) is 0 Å². The average Bonchev–Trinajstić information content (AvgIpc) is 2.93. The topological polar surface area (TPSA) is 33.1 Å². The van der Waals surface area contributed by atoms with E-state index in [9.17, 15) is 0 Å². The Morgan fingerprint density at radius 3 is 2.62 bits per heavy atom. The number of hydrogen-bond acceptors (Lipinski definition) is 4. The molecule has 116 valence electrons. The summed E-state index contributed by atoms with van der Waals surface area (Å²) < 4.78 is 5.32. The Hall–Kier alpha value is 0.270. The molecule has 1 unspecified atom stereocenters. The van der Waals surface area contributed by atoms with Crippen LogP contribution in [0.3, 0.4) is 0 Å². The first-order chi connectivity index (χ1) is 9.93. The normalized spacial score (nSPS) is 13.1. The van der Waals surface area contributed by atoms with E-state index in [1.54, 1.807) is 11.3 Å². The van der Waals surface area contributed by atoms with E-state index < -0.39 is 0 Å². The van der Waals surface area contributed by atoms with E-state index in [1.165, 1.54) is 5.56 Å². The van der Waals surface area contributed by atoms with Crippen LogP contribution < -0.4 is 5.32 Å². The Bertz CT molecular complexity index is 609. The van der Waals surface area contributed by atoms with Crippen molar-refractivity contribution in [3.05, 3.63) is 35.6 Å². The molecule has 1 atom stereocenters. The SMILES string of the molecule is CNC(c1cc(Br)sc1Br)c1c(Br)cnn1CCN(C)C. The van der Waals surface area contributed by atoms with Crippen LogP contribution in [0.2, 0.25) is 0 Å². The summed E-state index contributed by atoms with van der Waals surface area (Å²) >= 11 is 12.5. The molecular weight excluding hydrogens is 484 g/mol. The third-order valence-corrected chi connectivity index (χ3v) is 6.15. The smallest absolute Gasteiger partial charge is 0.0777 e. The van der Waals surface area contributed by atoms with Gasteiger partial charge in [0.25, 0.3) is 0 Å². The molecule has 2 aromatic rings. The predicted molar refractivity (Wildman–Crippen MR) is 99.1 cm³/mol. The van der Waals surface area contributed by atoms with Gasteiger partial charge in [0, 0.05) is 12.1 Å². The molecule has 0 aromatic carbocycles. The predicted octanol–water partition coefficient (Wildman–Crippen LogP) is 4.10. The van der Waals surface area contributed by atoms with Gasteiger partial charge in [0.2, 0.25) is 0 Å². The molecule has 0 fully saturated rings. The van der Waals surface area contributed by atoms with Crippen molar-refractivity contribution in [1.29, 1.82) is 0 Å². The average molecular weight is 501 g/mol. The lowest BCUT2D eigenvalue weighted by atomic mass is 10.1. The maximum atomic E-state index is 4.50. The van der Waals surface area contributed by atoms with E-state index in [4.69, 9.17) is 0 Å². The lowest BCUT2D eigenvalue weighted by molar-refractivity contribution is 0.366. The highest BCUT2D eigenvalue weighted by Crippen LogP contribution is 2.39. The van der Waals surface area contributed by atoms with Gasteiger partial charge in [-0.25, -0.2) is 0 Å². The minimum atomic E-state index is 0.0842.